The minimum Gasteiger partial charge on any atom is -0.377 e. The Morgan fingerprint density at radius 2 is 2.19 bits per heavy atom. The third kappa shape index (κ3) is 2.99. The van der Waals surface area contributed by atoms with Crippen LogP contribution >= 0.6 is 11.3 Å². The maximum atomic E-state index is 5.72. The predicted molar refractivity (Wildman–Crippen MR) is 89.9 cm³/mol. The van der Waals surface area contributed by atoms with E-state index in [4.69, 9.17) is 4.74 Å². The molecular formula is C17H24N2OS. The quantitative estimate of drug-likeness (QED) is 0.918. The molecule has 1 saturated heterocycles. The minimum absolute atomic E-state index is 0.340. The van der Waals surface area contributed by atoms with Crippen LogP contribution in [0.1, 0.15) is 23.8 Å². The van der Waals surface area contributed by atoms with Crippen LogP contribution in [0.15, 0.2) is 24.3 Å². The van der Waals surface area contributed by atoms with E-state index in [2.05, 4.69) is 48.5 Å². The maximum Gasteiger partial charge on any atom is 0.0703 e. The van der Waals surface area contributed by atoms with E-state index in [-0.39, 0.29) is 0 Å². The molecule has 2 atom stereocenters. The lowest BCUT2D eigenvalue weighted by atomic mass is 10.1. The van der Waals surface area contributed by atoms with Crippen LogP contribution in [-0.4, -0.2) is 37.7 Å². The van der Waals surface area contributed by atoms with Gasteiger partial charge in [0.1, 0.15) is 0 Å². The highest BCUT2D eigenvalue weighted by Crippen LogP contribution is 2.33. The number of hydrogen-bond acceptors (Lipinski definition) is 4. The van der Waals surface area contributed by atoms with Gasteiger partial charge in [-0.05, 0) is 44.5 Å². The summed E-state index contributed by atoms with van der Waals surface area (Å²) in [5.41, 5.74) is 1.48. The summed E-state index contributed by atoms with van der Waals surface area (Å²) < 4.78 is 7.11. The maximum absolute atomic E-state index is 5.72. The molecule has 1 fully saturated rings. The van der Waals surface area contributed by atoms with Crippen molar-refractivity contribution in [1.82, 2.24) is 10.2 Å². The Morgan fingerprint density at radius 3 is 2.90 bits per heavy atom. The number of fused-ring (bicyclic) bond motifs is 1. The van der Waals surface area contributed by atoms with Gasteiger partial charge < -0.3 is 10.1 Å². The molecule has 2 aromatic rings. The number of rotatable bonds is 5. The molecule has 4 heteroatoms. The number of ether oxygens (including phenoxy) is 1. The van der Waals surface area contributed by atoms with Crippen molar-refractivity contribution in [2.24, 2.45) is 0 Å². The van der Waals surface area contributed by atoms with Gasteiger partial charge in [-0.15, -0.1) is 11.3 Å². The average molecular weight is 304 g/mol. The molecule has 0 aliphatic carbocycles. The molecule has 0 spiro atoms. The van der Waals surface area contributed by atoms with Gasteiger partial charge in [0.15, 0.2) is 0 Å². The van der Waals surface area contributed by atoms with E-state index < -0.39 is 0 Å². The summed E-state index contributed by atoms with van der Waals surface area (Å²) in [6.07, 6.45) is 1.48. The lowest BCUT2D eigenvalue weighted by Gasteiger charge is -2.27. The van der Waals surface area contributed by atoms with Crippen molar-refractivity contribution in [1.29, 1.82) is 0 Å². The second-order valence-corrected chi connectivity index (χ2v) is 7.01. The fraction of sp³-hybridized carbons (Fsp3) is 0.529. The van der Waals surface area contributed by atoms with Gasteiger partial charge in [0.25, 0.3) is 0 Å². The van der Waals surface area contributed by atoms with E-state index in [1.165, 1.54) is 20.5 Å². The molecule has 3 nitrogen and oxygen atoms in total. The molecule has 21 heavy (non-hydrogen) atoms. The molecule has 1 aliphatic rings. The van der Waals surface area contributed by atoms with E-state index in [1.807, 2.05) is 18.4 Å². The van der Waals surface area contributed by atoms with Crippen molar-refractivity contribution in [2.75, 3.05) is 20.7 Å². The van der Waals surface area contributed by atoms with Crippen LogP contribution in [-0.2, 0) is 17.8 Å². The number of nitrogens with zero attached hydrogens (tertiary/aromatic N) is 1. The molecule has 0 amide bonds. The number of nitrogens with one attached hydrogen (secondary N) is 1. The molecule has 3 rings (SSSR count). The molecule has 2 unspecified atom stereocenters. The van der Waals surface area contributed by atoms with E-state index in [9.17, 15) is 0 Å². The van der Waals surface area contributed by atoms with Crippen molar-refractivity contribution in [3.8, 4) is 0 Å². The summed E-state index contributed by atoms with van der Waals surface area (Å²) in [4.78, 5) is 3.92. The van der Waals surface area contributed by atoms with Crippen molar-refractivity contribution in [3.05, 3.63) is 34.7 Å². The first-order valence-electron chi connectivity index (χ1n) is 7.66. The van der Waals surface area contributed by atoms with Crippen LogP contribution in [0.3, 0.4) is 0 Å². The first-order valence-corrected chi connectivity index (χ1v) is 8.48. The monoisotopic (exact) mass is 304 g/mol. The zero-order valence-corrected chi connectivity index (χ0v) is 13.9. The van der Waals surface area contributed by atoms with E-state index in [1.54, 1.807) is 0 Å². The molecule has 1 aromatic heterocycles. The zero-order chi connectivity index (χ0) is 14.8. The lowest BCUT2D eigenvalue weighted by molar-refractivity contribution is 0.0815. The summed E-state index contributed by atoms with van der Waals surface area (Å²) in [5.74, 6) is 0. The highest BCUT2D eigenvalue weighted by atomic mass is 32.1. The van der Waals surface area contributed by atoms with Crippen LogP contribution in [0, 0.1) is 0 Å². The van der Waals surface area contributed by atoms with Crippen molar-refractivity contribution in [3.63, 3.8) is 0 Å². The summed E-state index contributed by atoms with van der Waals surface area (Å²) in [5, 5.41) is 4.71. The first kappa shape index (κ1) is 15.0. The number of benzene rings is 1. The zero-order valence-electron chi connectivity index (χ0n) is 13.1. The normalized spacial score (nSPS) is 22.5. The highest BCUT2D eigenvalue weighted by Gasteiger charge is 2.28. The van der Waals surface area contributed by atoms with Gasteiger partial charge in [0, 0.05) is 35.3 Å². The van der Waals surface area contributed by atoms with E-state index in [0.717, 1.165) is 26.1 Å². The van der Waals surface area contributed by atoms with Crippen LogP contribution in [0.5, 0.6) is 0 Å². The van der Waals surface area contributed by atoms with E-state index >= 15 is 0 Å². The Kier molecular flexibility index (Phi) is 4.60. The number of hydrogen-bond donors (Lipinski definition) is 1. The summed E-state index contributed by atoms with van der Waals surface area (Å²) >= 11 is 1.91. The van der Waals surface area contributed by atoms with Gasteiger partial charge in [-0.2, -0.15) is 0 Å². The summed E-state index contributed by atoms with van der Waals surface area (Å²) in [6.45, 7) is 5.02. The van der Waals surface area contributed by atoms with Crippen LogP contribution in [0.2, 0.25) is 0 Å². The Balaban J connectivity index is 1.89. The smallest absolute Gasteiger partial charge is 0.0703 e. The summed E-state index contributed by atoms with van der Waals surface area (Å²) in [7, 11) is 4.25. The third-order valence-corrected chi connectivity index (χ3v) is 5.64. The van der Waals surface area contributed by atoms with Crippen molar-refractivity contribution in [2.45, 2.75) is 38.6 Å². The van der Waals surface area contributed by atoms with Crippen LogP contribution < -0.4 is 5.32 Å². The molecule has 0 saturated carbocycles. The average Bonchev–Trinajstić information content (AvgIpc) is 3.04. The van der Waals surface area contributed by atoms with E-state index in [0.29, 0.717) is 12.1 Å². The topological polar surface area (TPSA) is 24.5 Å². The first-order chi connectivity index (χ1) is 10.2. The molecule has 1 aromatic carbocycles. The predicted octanol–water partition coefficient (Wildman–Crippen LogP) is 3.23. The highest BCUT2D eigenvalue weighted by molar-refractivity contribution is 7.19. The second-order valence-electron chi connectivity index (χ2n) is 5.88. The van der Waals surface area contributed by atoms with Gasteiger partial charge in [-0.25, -0.2) is 0 Å². The standard InChI is InChI=1S/C17H24N2OS/c1-12-15(8-9-20-12)19(3)11-14-13-6-4-5-7-16(13)21-17(14)10-18-2/h4-7,12,15,18H,8-11H2,1-3H3. The molecule has 1 aliphatic heterocycles. The molecule has 1 N–H and O–H groups in total. The SMILES string of the molecule is CNCc1sc2ccccc2c1CN(C)C1CCOC1C. The Hall–Kier alpha value is -0.940. The van der Waals surface area contributed by atoms with Gasteiger partial charge >= 0.3 is 0 Å². The van der Waals surface area contributed by atoms with Crippen LogP contribution in [0.25, 0.3) is 10.1 Å². The van der Waals surface area contributed by atoms with Gasteiger partial charge in [0.2, 0.25) is 0 Å². The second kappa shape index (κ2) is 6.44. The third-order valence-electron chi connectivity index (χ3n) is 4.43. The molecule has 0 bridgehead atoms. The van der Waals surface area contributed by atoms with Crippen LogP contribution in [0.4, 0.5) is 0 Å². The minimum atomic E-state index is 0.340. The fourth-order valence-electron chi connectivity index (χ4n) is 3.29. The summed E-state index contributed by atoms with van der Waals surface area (Å²) in [6, 6.07) is 9.28. The van der Waals surface area contributed by atoms with Crippen molar-refractivity contribution < 1.29 is 4.74 Å². The molecule has 114 valence electrons. The lowest BCUT2D eigenvalue weighted by Crippen LogP contribution is -2.36. The van der Waals surface area contributed by atoms with Gasteiger partial charge in [-0.3, -0.25) is 4.90 Å². The van der Waals surface area contributed by atoms with Crippen molar-refractivity contribution >= 4 is 21.4 Å². The largest absolute Gasteiger partial charge is 0.377 e. The van der Waals surface area contributed by atoms with Gasteiger partial charge in [-0.1, -0.05) is 18.2 Å². The molecule has 0 radical (unpaired) electrons. The van der Waals surface area contributed by atoms with Gasteiger partial charge in [0.05, 0.1) is 6.10 Å². The molecular weight excluding hydrogens is 280 g/mol. The Morgan fingerprint density at radius 1 is 1.38 bits per heavy atom. The Bertz CT molecular complexity index is 610. The number of likely N-dealkylation sites (N-methyl/N-ethyl adjacent to an activating group) is 1. The molecule has 2 heterocycles. The fourth-order valence-corrected chi connectivity index (χ4v) is 4.52. The Labute approximate surface area is 130 Å². The number of thiophene rings is 1.